The summed E-state index contributed by atoms with van der Waals surface area (Å²) in [5.41, 5.74) is 7.30. The van der Waals surface area contributed by atoms with Gasteiger partial charge in [0.15, 0.2) is 0 Å². The summed E-state index contributed by atoms with van der Waals surface area (Å²) in [6, 6.07) is 0. The molecule has 0 unspecified atom stereocenters. The molecular weight excluding hydrogens is 573 g/mol. The zero-order chi connectivity index (χ0) is 26.9. The van der Waals surface area contributed by atoms with E-state index in [1.165, 1.54) is 18.2 Å². The van der Waals surface area contributed by atoms with Crippen LogP contribution >= 0.6 is 22.6 Å². The van der Waals surface area contributed by atoms with Crippen molar-refractivity contribution in [2.24, 2.45) is 11.7 Å². The van der Waals surface area contributed by atoms with Crippen LogP contribution in [0.1, 0.15) is 59.3 Å². The third-order valence-electron chi connectivity index (χ3n) is 5.67. The number of carbonyl (C=O) groups excluding carboxylic acids is 2. The lowest BCUT2D eigenvalue weighted by atomic mass is 9.95. The number of halogens is 1. The highest BCUT2D eigenvalue weighted by Crippen LogP contribution is 2.21. The molecule has 0 spiro atoms. The third kappa shape index (κ3) is 14.4. The van der Waals surface area contributed by atoms with Crippen LogP contribution in [0.25, 0.3) is 0 Å². The zero-order valence-corrected chi connectivity index (χ0v) is 23.5. The Kier molecular flexibility index (Phi) is 16.0. The summed E-state index contributed by atoms with van der Waals surface area (Å²) in [4.78, 5) is 23.7. The Balaban J connectivity index is 3.09. The number of aliphatic hydroxyl groups excluding tert-OH is 2. The Morgan fingerprint density at radius 3 is 2.69 bits per heavy atom. The Bertz CT molecular complexity index is 873. The number of hydrogen-bond acceptors (Lipinski definition) is 6. The van der Waals surface area contributed by atoms with E-state index in [4.69, 9.17) is 15.2 Å². The number of allylic oxidation sites excluding steroid dienone is 6. The maximum absolute atomic E-state index is 12.5. The second kappa shape index (κ2) is 18.1. The highest BCUT2D eigenvalue weighted by Gasteiger charge is 2.21. The van der Waals surface area contributed by atoms with Crippen LogP contribution in [-0.4, -0.2) is 46.7 Å². The Hall–Kier alpha value is -2.17. The van der Waals surface area contributed by atoms with Crippen molar-refractivity contribution in [3.63, 3.8) is 0 Å². The molecule has 1 amide bonds. The number of esters is 1. The van der Waals surface area contributed by atoms with Crippen LogP contribution < -0.4 is 5.73 Å². The van der Waals surface area contributed by atoms with Gasteiger partial charge in [-0.05, 0) is 50.0 Å². The fraction of sp³-hybridized carbons (Fsp3) is 0.500. The molecule has 0 radical (unpaired) electrons. The van der Waals surface area contributed by atoms with Crippen molar-refractivity contribution in [3.05, 3.63) is 69.9 Å². The first-order chi connectivity index (χ1) is 17.1. The summed E-state index contributed by atoms with van der Waals surface area (Å²) >= 11 is 2.17. The van der Waals surface area contributed by atoms with Gasteiger partial charge in [0.1, 0.15) is 18.3 Å². The molecule has 1 aliphatic heterocycles. The fourth-order valence-electron chi connectivity index (χ4n) is 3.71. The molecule has 7 nitrogen and oxygen atoms in total. The van der Waals surface area contributed by atoms with Crippen LogP contribution in [0.3, 0.4) is 0 Å². The number of carbonyl (C=O) groups is 2. The Morgan fingerprint density at radius 1 is 1.25 bits per heavy atom. The van der Waals surface area contributed by atoms with Gasteiger partial charge in [0, 0.05) is 18.4 Å². The number of cyclic esters (lactones) is 1. The van der Waals surface area contributed by atoms with E-state index in [0.717, 1.165) is 11.1 Å². The molecule has 4 N–H and O–H groups in total. The van der Waals surface area contributed by atoms with Gasteiger partial charge in [-0.25, -0.2) is 9.59 Å². The van der Waals surface area contributed by atoms with E-state index in [2.05, 4.69) is 28.7 Å². The van der Waals surface area contributed by atoms with Crippen molar-refractivity contribution in [2.75, 3.05) is 0 Å². The summed E-state index contributed by atoms with van der Waals surface area (Å²) < 4.78 is 12.8. The van der Waals surface area contributed by atoms with Crippen LogP contribution in [0.15, 0.2) is 69.9 Å². The SMILES string of the molecule is CC(/C=C/I)=C\[C@H](C)[C@@H]1C/C(C)=C/C=C/CC[C@@H](OC(N)=O)[C@H](O)/C=C/[C@H](O)CCC/C=C/C(=O)O1. The van der Waals surface area contributed by atoms with Crippen molar-refractivity contribution in [3.8, 4) is 0 Å². The van der Waals surface area contributed by atoms with Gasteiger partial charge < -0.3 is 25.4 Å². The van der Waals surface area contributed by atoms with Crippen LogP contribution in [-0.2, 0) is 14.3 Å². The van der Waals surface area contributed by atoms with Crippen molar-refractivity contribution in [1.82, 2.24) is 0 Å². The van der Waals surface area contributed by atoms with Gasteiger partial charge in [-0.15, -0.1) is 0 Å². The van der Waals surface area contributed by atoms with Crippen LogP contribution in [0.4, 0.5) is 4.79 Å². The molecule has 1 heterocycles. The van der Waals surface area contributed by atoms with Gasteiger partial charge in [-0.3, -0.25) is 0 Å². The van der Waals surface area contributed by atoms with Gasteiger partial charge in [0.05, 0.1) is 6.10 Å². The van der Waals surface area contributed by atoms with E-state index in [1.54, 1.807) is 6.08 Å². The topological polar surface area (TPSA) is 119 Å². The first kappa shape index (κ1) is 31.9. The van der Waals surface area contributed by atoms with Gasteiger partial charge in [0.2, 0.25) is 0 Å². The van der Waals surface area contributed by atoms with Gasteiger partial charge in [0.25, 0.3) is 0 Å². The first-order valence-corrected chi connectivity index (χ1v) is 13.5. The van der Waals surface area contributed by atoms with Crippen molar-refractivity contribution in [1.29, 1.82) is 0 Å². The average molecular weight is 614 g/mol. The van der Waals surface area contributed by atoms with Gasteiger partial charge in [-0.1, -0.05) is 89.3 Å². The smallest absolute Gasteiger partial charge is 0.404 e. The highest BCUT2D eigenvalue weighted by atomic mass is 127. The maximum atomic E-state index is 12.5. The minimum absolute atomic E-state index is 0.00951. The summed E-state index contributed by atoms with van der Waals surface area (Å²) in [5, 5.41) is 20.6. The zero-order valence-electron chi connectivity index (χ0n) is 21.4. The second-order valence-corrected chi connectivity index (χ2v) is 9.73. The lowest BCUT2D eigenvalue weighted by Gasteiger charge is -2.22. The van der Waals surface area contributed by atoms with Crippen LogP contribution in [0.5, 0.6) is 0 Å². The van der Waals surface area contributed by atoms with Gasteiger partial charge in [-0.2, -0.15) is 0 Å². The number of ether oxygens (including phenoxy) is 2. The summed E-state index contributed by atoms with van der Waals surface area (Å²) in [6.07, 6.45) is 15.2. The molecule has 5 atom stereocenters. The number of hydrogen-bond donors (Lipinski definition) is 3. The minimum Gasteiger partial charge on any atom is -0.458 e. The Morgan fingerprint density at radius 2 is 2.00 bits per heavy atom. The molecule has 0 saturated carbocycles. The maximum Gasteiger partial charge on any atom is 0.404 e. The molecule has 0 aliphatic carbocycles. The number of rotatable bonds is 4. The molecular formula is C28H40INO6. The molecule has 36 heavy (non-hydrogen) atoms. The van der Waals surface area contributed by atoms with Gasteiger partial charge >= 0.3 is 12.1 Å². The van der Waals surface area contributed by atoms with E-state index in [9.17, 15) is 19.8 Å². The predicted molar refractivity (Wildman–Crippen MR) is 151 cm³/mol. The summed E-state index contributed by atoms with van der Waals surface area (Å²) in [6.45, 7) is 6.03. The van der Waals surface area contributed by atoms with E-state index in [0.29, 0.717) is 38.5 Å². The monoisotopic (exact) mass is 613 g/mol. The quantitative estimate of drug-likeness (QED) is 0.165. The molecule has 1 rings (SSSR count). The molecule has 0 aromatic heterocycles. The minimum atomic E-state index is -1.08. The number of amides is 1. The molecule has 0 saturated heterocycles. The molecule has 1 aliphatic rings. The predicted octanol–water partition coefficient (Wildman–Crippen LogP) is 5.58. The molecule has 200 valence electrons. The summed E-state index contributed by atoms with van der Waals surface area (Å²) in [5.74, 6) is -0.376. The second-order valence-electron chi connectivity index (χ2n) is 9.01. The van der Waals surface area contributed by atoms with Crippen molar-refractivity contribution in [2.45, 2.75) is 83.7 Å². The molecule has 0 fully saturated rings. The largest absolute Gasteiger partial charge is 0.458 e. The highest BCUT2D eigenvalue weighted by molar-refractivity contribution is 14.1. The molecule has 8 heteroatoms. The van der Waals surface area contributed by atoms with E-state index < -0.39 is 24.4 Å². The number of nitrogens with two attached hydrogens (primary N) is 1. The lowest BCUT2D eigenvalue weighted by Crippen LogP contribution is -2.32. The van der Waals surface area contributed by atoms with E-state index in [-0.39, 0.29) is 18.0 Å². The molecule has 0 aromatic carbocycles. The van der Waals surface area contributed by atoms with E-state index >= 15 is 0 Å². The normalized spacial score (nSPS) is 30.9. The summed E-state index contributed by atoms with van der Waals surface area (Å²) in [7, 11) is 0. The average Bonchev–Trinajstić information content (AvgIpc) is 2.80. The molecule has 0 bridgehead atoms. The van der Waals surface area contributed by atoms with E-state index in [1.807, 2.05) is 49.2 Å². The van der Waals surface area contributed by atoms with Crippen LogP contribution in [0, 0.1) is 5.92 Å². The lowest BCUT2D eigenvalue weighted by molar-refractivity contribution is -0.144. The van der Waals surface area contributed by atoms with Crippen LogP contribution in [0.2, 0.25) is 0 Å². The molecule has 0 aromatic rings. The standard InChI is InChI=1S/C28H40INO6/c1-20-10-6-4-8-12-25(36-28(30)34)24(32)15-14-23(31)11-7-5-9-13-27(33)35-26(19-20)22(3)18-21(2)16-17-29/h4,6,9-10,13-18,22-26,31-32H,5,7-8,11-12,19H2,1-3H3,(H2,30,34)/b6-4+,13-9+,15-14+,17-16+,20-10+,21-18+/t22-,23+,24+,25+,26-/m0/s1. The number of aliphatic hydroxyl groups is 2. The van der Waals surface area contributed by atoms with Crippen molar-refractivity contribution >= 4 is 34.7 Å². The fourth-order valence-corrected chi connectivity index (χ4v) is 4.28. The van der Waals surface area contributed by atoms with Crippen molar-refractivity contribution < 1.29 is 29.3 Å². The Labute approximate surface area is 228 Å². The first-order valence-electron chi connectivity index (χ1n) is 12.3. The number of primary amides is 1. The third-order valence-corrected chi connectivity index (χ3v) is 6.03.